The first kappa shape index (κ1) is 24.5. The predicted molar refractivity (Wildman–Crippen MR) is 147 cm³/mol. The van der Waals surface area contributed by atoms with Gasteiger partial charge in [0.05, 0.1) is 31.7 Å². The minimum atomic E-state index is 0.268. The lowest BCUT2D eigenvalue weighted by atomic mass is 9.90. The van der Waals surface area contributed by atoms with Crippen molar-refractivity contribution in [3.8, 4) is 17.0 Å². The lowest BCUT2D eigenvalue weighted by molar-refractivity contribution is 0.122. The Kier molecular flexibility index (Phi) is 7.38. The van der Waals surface area contributed by atoms with Crippen LogP contribution in [-0.2, 0) is 11.2 Å². The average Bonchev–Trinajstić information content (AvgIpc) is 3.36. The third-order valence-electron chi connectivity index (χ3n) is 7.31. The second kappa shape index (κ2) is 10.8. The van der Waals surface area contributed by atoms with Gasteiger partial charge in [-0.3, -0.25) is 0 Å². The molecule has 0 spiro atoms. The molecule has 1 aromatic heterocycles. The Hall–Kier alpha value is -3.18. The molecule has 1 fully saturated rings. The molecule has 0 radical (unpaired) electrons. The van der Waals surface area contributed by atoms with E-state index in [-0.39, 0.29) is 5.92 Å². The fourth-order valence-electron chi connectivity index (χ4n) is 5.48. The summed E-state index contributed by atoms with van der Waals surface area (Å²) in [6.07, 6.45) is 5.38. The van der Waals surface area contributed by atoms with Crippen LogP contribution in [0.4, 0.5) is 5.95 Å². The summed E-state index contributed by atoms with van der Waals surface area (Å²) < 4.78 is 11.1. The molecule has 2 heterocycles. The molecule has 5 nitrogen and oxygen atoms in total. The molecule has 0 saturated carbocycles. The lowest BCUT2D eigenvalue weighted by Crippen LogP contribution is -2.37. The first-order valence-corrected chi connectivity index (χ1v) is 13.2. The van der Waals surface area contributed by atoms with Crippen molar-refractivity contribution in [1.82, 2.24) is 9.97 Å². The number of methoxy groups -OCH3 is 1. The van der Waals surface area contributed by atoms with Crippen LogP contribution in [0, 0.1) is 5.92 Å². The Bertz CT molecular complexity index is 1240. The molecule has 5 heteroatoms. The van der Waals surface area contributed by atoms with Gasteiger partial charge in [-0.1, -0.05) is 56.3 Å². The summed E-state index contributed by atoms with van der Waals surface area (Å²) in [6.45, 7) is 9.77. The summed E-state index contributed by atoms with van der Waals surface area (Å²) in [6, 6.07) is 17.4. The van der Waals surface area contributed by atoms with Crippen molar-refractivity contribution in [2.24, 2.45) is 5.92 Å². The van der Waals surface area contributed by atoms with Crippen LogP contribution in [0.2, 0.25) is 0 Å². The number of hydrogen-bond acceptors (Lipinski definition) is 5. The van der Waals surface area contributed by atoms with Gasteiger partial charge in [-0.15, -0.1) is 0 Å². The molecule has 36 heavy (non-hydrogen) atoms. The summed E-state index contributed by atoms with van der Waals surface area (Å²) in [7, 11) is 1.71. The quantitative estimate of drug-likeness (QED) is 0.383. The fourth-order valence-corrected chi connectivity index (χ4v) is 5.48. The molecule has 1 aliphatic carbocycles. The van der Waals surface area contributed by atoms with E-state index in [0.29, 0.717) is 19.1 Å². The van der Waals surface area contributed by atoms with E-state index in [1.54, 1.807) is 7.11 Å². The maximum atomic E-state index is 5.60. The highest BCUT2D eigenvalue weighted by Crippen LogP contribution is 2.42. The first-order valence-electron chi connectivity index (χ1n) is 13.2. The van der Waals surface area contributed by atoms with Gasteiger partial charge < -0.3 is 14.4 Å². The van der Waals surface area contributed by atoms with Gasteiger partial charge in [-0.05, 0) is 60.9 Å². The zero-order valence-corrected chi connectivity index (χ0v) is 22.0. The zero-order valence-electron chi connectivity index (χ0n) is 22.0. The minimum Gasteiger partial charge on any atom is -0.497 e. The van der Waals surface area contributed by atoms with E-state index in [1.165, 1.54) is 28.0 Å². The van der Waals surface area contributed by atoms with Crippen molar-refractivity contribution in [2.75, 3.05) is 38.3 Å². The monoisotopic (exact) mass is 483 g/mol. The van der Waals surface area contributed by atoms with Crippen LogP contribution in [0.25, 0.3) is 16.8 Å². The maximum absolute atomic E-state index is 5.60. The van der Waals surface area contributed by atoms with Gasteiger partial charge >= 0.3 is 0 Å². The van der Waals surface area contributed by atoms with Crippen molar-refractivity contribution < 1.29 is 9.47 Å². The highest BCUT2D eigenvalue weighted by atomic mass is 16.5. The molecule has 1 saturated heterocycles. The molecule has 1 aliphatic heterocycles. The second-order valence-electron chi connectivity index (χ2n) is 10.2. The SMILES string of the molecule is C/C=C(\CC(C)C)c1cccc(C2CCc3c(-c4cccc(OC)c4)nc(N4CCOCC4)nc32)c1. The second-order valence-corrected chi connectivity index (χ2v) is 10.2. The summed E-state index contributed by atoms with van der Waals surface area (Å²) >= 11 is 0. The van der Waals surface area contributed by atoms with Crippen molar-refractivity contribution in [2.45, 2.75) is 46.0 Å². The Labute approximate surface area is 215 Å². The van der Waals surface area contributed by atoms with Crippen LogP contribution in [-0.4, -0.2) is 43.4 Å². The van der Waals surface area contributed by atoms with E-state index in [2.05, 4.69) is 68.1 Å². The number of fused-ring (bicyclic) bond motifs is 1. The number of rotatable bonds is 7. The van der Waals surface area contributed by atoms with E-state index >= 15 is 0 Å². The molecule has 0 bridgehead atoms. The Morgan fingerprint density at radius 1 is 1.11 bits per heavy atom. The van der Waals surface area contributed by atoms with Gasteiger partial charge in [0.1, 0.15) is 5.75 Å². The van der Waals surface area contributed by atoms with Crippen LogP contribution >= 0.6 is 0 Å². The van der Waals surface area contributed by atoms with Gasteiger partial charge in [0.25, 0.3) is 0 Å². The fraction of sp³-hybridized carbons (Fsp3) is 0.419. The van der Waals surface area contributed by atoms with E-state index in [4.69, 9.17) is 19.4 Å². The normalized spacial score (nSPS) is 18.0. The Balaban J connectivity index is 1.59. The van der Waals surface area contributed by atoms with Crippen molar-refractivity contribution in [1.29, 1.82) is 0 Å². The van der Waals surface area contributed by atoms with Gasteiger partial charge in [0.2, 0.25) is 5.95 Å². The number of benzene rings is 2. The van der Waals surface area contributed by atoms with Gasteiger partial charge in [-0.25, -0.2) is 9.97 Å². The Morgan fingerprint density at radius 3 is 2.67 bits per heavy atom. The Morgan fingerprint density at radius 2 is 1.92 bits per heavy atom. The van der Waals surface area contributed by atoms with E-state index in [1.807, 2.05) is 12.1 Å². The smallest absolute Gasteiger partial charge is 0.226 e. The maximum Gasteiger partial charge on any atom is 0.226 e. The topological polar surface area (TPSA) is 47.5 Å². The average molecular weight is 484 g/mol. The molecule has 2 aromatic carbocycles. The zero-order chi connectivity index (χ0) is 25.1. The molecule has 1 unspecified atom stereocenters. The summed E-state index contributed by atoms with van der Waals surface area (Å²) in [5.74, 6) is 2.55. The van der Waals surface area contributed by atoms with Crippen LogP contribution < -0.4 is 9.64 Å². The number of anilines is 1. The van der Waals surface area contributed by atoms with Crippen molar-refractivity contribution >= 4 is 11.5 Å². The van der Waals surface area contributed by atoms with Crippen LogP contribution in [0.15, 0.2) is 54.6 Å². The molecule has 3 aromatic rings. The molecule has 5 rings (SSSR count). The van der Waals surface area contributed by atoms with Crippen LogP contribution in [0.3, 0.4) is 0 Å². The van der Waals surface area contributed by atoms with E-state index < -0.39 is 0 Å². The van der Waals surface area contributed by atoms with Crippen LogP contribution in [0.5, 0.6) is 5.75 Å². The molecule has 2 aliphatic rings. The third kappa shape index (κ3) is 5.03. The van der Waals surface area contributed by atoms with Crippen LogP contribution in [0.1, 0.15) is 61.9 Å². The number of nitrogens with zero attached hydrogens (tertiary/aromatic N) is 3. The molecular weight excluding hydrogens is 446 g/mol. The van der Waals surface area contributed by atoms with Crippen molar-refractivity contribution in [3.63, 3.8) is 0 Å². The minimum absolute atomic E-state index is 0.268. The highest BCUT2D eigenvalue weighted by Gasteiger charge is 2.31. The van der Waals surface area contributed by atoms with Gasteiger partial charge in [0, 0.05) is 30.1 Å². The largest absolute Gasteiger partial charge is 0.497 e. The van der Waals surface area contributed by atoms with Gasteiger partial charge in [0.15, 0.2) is 0 Å². The summed E-state index contributed by atoms with van der Waals surface area (Å²) in [4.78, 5) is 12.6. The number of allylic oxidation sites excluding steroid dienone is 2. The molecular formula is C31H37N3O2. The molecule has 188 valence electrons. The summed E-state index contributed by atoms with van der Waals surface area (Å²) in [5, 5.41) is 0. The molecule has 1 atom stereocenters. The lowest BCUT2D eigenvalue weighted by Gasteiger charge is -2.28. The number of aromatic nitrogens is 2. The predicted octanol–water partition coefficient (Wildman–Crippen LogP) is 6.52. The first-order chi connectivity index (χ1) is 17.6. The molecule has 0 amide bonds. The van der Waals surface area contributed by atoms with E-state index in [0.717, 1.165) is 55.3 Å². The number of hydrogen-bond donors (Lipinski definition) is 0. The number of morpholine rings is 1. The van der Waals surface area contributed by atoms with E-state index in [9.17, 15) is 0 Å². The summed E-state index contributed by atoms with van der Waals surface area (Å²) in [5.41, 5.74) is 8.65. The van der Waals surface area contributed by atoms with Crippen molar-refractivity contribution in [3.05, 3.63) is 77.0 Å². The highest BCUT2D eigenvalue weighted by molar-refractivity contribution is 5.70. The molecule has 0 N–H and O–H groups in total. The third-order valence-corrected chi connectivity index (χ3v) is 7.31. The standard InChI is InChI=1S/C31H37N3O2/c1-5-22(18-21(2)3)23-8-6-9-24(19-23)27-12-13-28-29(25-10-7-11-26(20-25)35-4)32-31(33-30(27)28)34-14-16-36-17-15-34/h5-11,19-21,27H,12-18H2,1-4H3/b22-5+. The van der Waals surface area contributed by atoms with Gasteiger partial charge in [-0.2, -0.15) is 0 Å². The number of ether oxygens (including phenoxy) is 2.